The molecule has 0 aromatic rings. The number of hydrazine groups is 1. The molecule has 1 heterocycles. The summed E-state index contributed by atoms with van der Waals surface area (Å²) < 4.78 is 5.36. The van der Waals surface area contributed by atoms with E-state index in [-0.39, 0.29) is 17.4 Å². The van der Waals surface area contributed by atoms with Gasteiger partial charge in [0.05, 0.1) is 18.1 Å². The smallest absolute Gasteiger partial charge is 0.239 e. The van der Waals surface area contributed by atoms with Gasteiger partial charge in [-0.05, 0) is 20.3 Å². The summed E-state index contributed by atoms with van der Waals surface area (Å²) in [5.74, 6) is 4.78. The van der Waals surface area contributed by atoms with Crippen LogP contribution in [0.4, 0.5) is 0 Å². The maximum atomic E-state index is 11.0. The number of amides is 1. The lowest BCUT2D eigenvalue weighted by Gasteiger charge is -2.15. The summed E-state index contributed by atoms with van der Waals surface area (Å²) in [7, 11) is 0. The fourth-order valence-corrected chi connectivity index (χ4v) is 1.32. The van der Waals surface area contributed by atoms with Crippen molar-refractivity contribution in [2.45, 2.75) is 39.7 Å². The van der Waals surface area contributed by atoms with Gasteiger partial charge in [0.2, 0.25) is 5.91 Å². The summed E-state index contributed by atoms with van der Waals surface area (Å²) in [6.45, 7) is 8.42. The van der Waals surface area contributed by atoms with E-state index in [4.69, 9.17) is 10.6 Å². The Morgan fingerprint density at radius 1 is 1.54 bits per heavy atom. The van der Waals surface area contributed by atoms with Crippen molar-refractivity contribution in [3.05, 3.63) is 0 Å². The molecule has 0 saturated carbocycles. The topological polar surface area (TPSA) is 64.4 Å². The van der Waals surface area contributed by atoms with Gasteiger partial charge in [-0.2, -0.15) is 0 Å². The lowest BCUT2D eigenvalue weighted by molar-refractivity contribution is -0.125. The molecule has 1 aliphatic heterocycles. The van der Waals surface area contributed by atoms with Crippen LogP contribution in [0.1, 0.15) is 34.1 Å². The van der Waals surface area contributed by atoms with Gasteiger partial charge in [0.15, 0.2) is 0 Å². The van der Waals surface area contributed by atoms with Crippen LogP contribution in [0.2, 0.25) is 0 Å². The molecular weight excluding hydrogens is 168 g/mol. The van der Waals surface area contributed by atoms with Crippen LogP contribution >= 0.6 is 0 Å². The van der Waals surface area contributed by atoms with Crippen LogP contribution in [0.5, 0.6) is 0 Å². The predicted octanol–water partition coefficient (Wildman–Crippen LogP) is 0.818. The Bertz CT molecular complexity index is 169. The zero-order valence-electron chi connectivity index (χ0n) is 8.89. The molecular formula is C9H20N2O2. The first-order chi connectivity index (χ1) is 6.05. The fourth-order valence-electron chi connectivity index (χ4n) is 1.32. The highest BCUT2D eigenvalue weighted by molar-refractivity contribution is 5.78. The molecule has 1 fully saturated rings. The summed E-state index contributed by atoms with van der Waals surface area (Å²) in [4.78, 5) is 11.0. The van der Waals surface area contributed by atoms with Crippen molar-refractivity contribution in [1.82, 2.24) is 5.43 Å². The van der Waals surface area contributed by atoms with Gasteiger partial charge >= 0.3 is 0 Å². The quantitative estimate of drug-likeness (QED) is 0.364. The van der Waals surface area contributed by atoms with Crippen molar-refractivity contribution in [2.75, 3.05) is 6.61 Å². The molecule has 0 bridgehead atoms. The molecule has 0 aromatic carbocycles. The van der Waals surface area contributed by atoms with Crippen molar-refractivity contribution in [1.29, 1.82) is 0 Å². The second kappa shape index (κ2) is 5.19. The lowest BCUT2D eigenvalue weighted by Crippen LogP contribution is -2.36. The first kappa shape index (κ1) is 12.4. The summed E-state index contributed by atoms with van der Waals surface area (Å²) in [5, 5.41) is 0. The van der Waals surface area contributed by atoms with E-state index in [0.717, 1.165) is 6.42 Å². The molecule has 0 radical (unpaired) electrons. The van der Waals surface area contributed by atoms with Crippen molar-refractivity contribution in [3.63, 3.8) is 0 Å². The van der Waals surface area contributed by atoms with Crippen LogP contribution in [0.3, 0.4) is 0 Å². The fraction of sp³-hybridized carbons (Fsp3) is 0.889. The van der Waals surface area contributed by atoms with E-state index >= 15 is 0 Å². The Kier molecular flexibility index (Phi) is 4.95. The monoisotopic (exact) mass is 188 g/mol. The van der Waals surface area contributed by atoms with Crippen molar-refractivity contribution >= 4 is 5.91 Å². The predicted molar refractivity (Wildman–Crippen MR) is 51.8 cm³/mol. The molecule has 1 unspecified atom stereocenters. The third-order valence-electron chi connectivity index (χ3n) is 1.93. The second-order valence-corrected chi connectivity index (χ2v) is 3.48. The molecule has 4 heteroatoms. The lowest BCUT2D eigenvalue weighted by atomic mass is 9.97. The van der Waals surface area contributed by atoms with Gasteiger partial charge in [-0.15, -0.1) is 0 Å². The Balaban J connectivity index is 0.000000671. The van der Waals surface area contributed by atoms with E-state index < -0.39 is 0 Å². The number of hydrogen-bond donors (Lipinski definition) is 2. The minimum absolute atomic E-state index is 0.0741. The van der Waals surface area contributed by atoms with Gasteiger partial charge < -0.3 is 4.74 Å². The Morgan fingerprint density at radius 3 is 2.38 bits per heavy atom. The van der Waals surface area contributed by atoms with Crippen molar-refractivity contribution < 1.29 is 9.53 Å². The van der Waals surface area contributed by atoms with Crippen LogP contribution in [0.15, 0.2) is 0 Å². The number of rotatable bonds is 1. The maximum Gasteiger partial charge on any atom is 0.239 e. The molecule has 1 amide bonds. The first-order valence-corrected chi connectivity index (χ1v) is 4.69. The minimum Gasteiger partial charge on any atom is -0.375 e. The van der Waals surface area contributed by atoms with Crippen molar-refractivity contribution in [3.8, 4) is 0 Å². The third kappa shape index (κ3) is 3.74. The maximum absolute atomic E-state index is 11.0. The molecule has 1 aliphatic rings. The number of nitrogens with one attached hydrogen (secondary N) is 1. The number of hydrogen-bond acceptors (Lipinski definition) is 3. The molecule has 0 spiro atoms. The van der Waals surface area contributed by atoms with Crippen LogP contribution in [0.25, 0.3) is 0 Å². The zero-order chi connectivity index (χ0) is 10.5. The van der Waals surface area contributed by atoms with E-state index in [1.54, 1.807) is 0 Å². The largest absolute Gasteiger partial charge is 0.375 e. The molecule has 0 aliphatic carbocycles. The van der Waals surface area contributed by atoms with E-state index in [1.165, 1.54) is 0 Å². The zero-order valence-corrected chi connectivity index (χ0v) is 8.89. The number of carbonyl (C=O) groups is 1. The summed E-state index contributed by atoms with van der Waals surface area (Å²) >= 11 is 0. The first-order valence-electron chi connectivity index (χ1n) is 4.69. The summed E-state index contributed by atoms with van der Waals surface area (Å²) in [5.41, 5.74) is 1.96. The standard InChI is InChI=1S/C7H14N2O2.C2H6/c1-7(2)3-5(4-11-7)6(10)9-8;1-2/h5H,3-4,8H2,1-2H3,(H,9,10);1-2H3. The Labute approximate surface area is 79.8 Å². The van der Waals surface area contributed by atoms with Crippen molar-refractivity contribution in [2.24, 2.45) is 11.8 Å². The third-order valence-corrected chi connectivity index (χ3v) is 1.93. The number of carbonyl (C=O) groups excluding carboxylic acids is 1. The molecule has 1 rings (SSSR count). The molecule has 13 heavy (non-hydrogen) atoms. The van der Waals surface area contributed by atoms with Crippen LogP contribution < -0.4 is 11.3 Å². The Morgan fingerprint density at radius 2 is 2.08 bits per heavy atom. The van der Waals surface area contributed by atoms with Gasteiger partial charge in [-0.1, -0.05) is 13.8 Å². The summed E-state index contributed by atoms with van der Waals surface area (Å²) in [6, 6.07) is 0. The number of ether oxygens (including phenoxy) is 1. The van der Waals surface area contributed by atoms with E-state index in [9.17, 15) is 4.79 Å². The SMILES string of the molecule is CC.CC1(C)CC(C(=O)NN)CO1. The highest BCUT2D eigenvalue weighted by Gasteiger charge is 2.35. The molecule has 1 atom stereocenters. The highest BCUT2D eigenvalue weighted by atomic mass is 16.5. The molecule has 78 valence electrons. The molecule has 0 aromatic heterocycles. The van der Waals surface area contributed by atoms with Crippen LogP contribution in [-0.4, -0.2) is 18.1 Å². The highest BCUT2D eigenvalue weighted by Crippen LogP contribution is 2.28. The molecule has 4 nitrogen and oxygen atoms in total. The average Bonchev–Trinajstić information content (AvgIpc) is 2.48. The van der Waals surface area contributed by atoms with E-state index in [2.05, 4.69) is 5.43 Å². The Hall–Kier alpha value is -0.610. The van der Waals surface area contributed by atoms with Gasteiger partial charge in [0.1, 0.15) is 0 Å². The normalized spacial score (nSPS) is 24.5. The van der Waals surface area contributed by atoms with Crippen LogP contribution in [0, 0.1) is 5.92 Å². The molecule has 1 saturated heterocycles. The van der Waals surface area contributed by atoms with E-state index in [0.29, 0.717) is 6.61 Å². The van der Waals surface area contributed by atoms with Gasteiger partial charge in [-0.3, -0.25) is 10.2 Å². The van der Waals surface area contributed by atoms with Gasteiger partial charge in [0.25, 0.3) is 0 Å². The molecule has 3 N–H and O–H groups in total. The summed E-state index contributed by atoms with van der Waals surface area (Å²) in [6.07, 6.45) is 0.746. The second-order valence-electron chi connectivity index (χ2n) is 3.48. The van der Waals surface area contributed by atoms with E-state index in [1.807, 2.05) is 27.7 Å². The minimum atomic E-state index is -0.169. The van der Waals surface area contributed by atoms with Gasteiger partial charge in [0, 0.05) is 0 Å². The number of nitrogens with two attached hydrogens (primary N) is 1. The average molecular weight is 188 g/mol. The van der Waals surface area contributed by atoms with Gasteiger partial charge in [-0.25, -0.2) is 5.84 Å². The van der Waals surface area contributed by atoms with Crippen LogP contribution in [-0.2, 0) is 9.53 Å².